The average molecular weight is 239 g/mol. The van der Waals surface area contributed by atoms with Gasteiger partial charge < -0.3 is 0 Å². The zero-order valence-electron chi connectivity index (χ0n) is 7.33. The number of aliphatic imine (C=N–C) groups is 1. The van der Waals surface area contributed by atoms with Crippen LogP contribution < -0.4 is 0 Å². The Morgan fingerprint density at radius 3 is 2.92 bits per heavy atom. The third kappa shape index (κ3) is 1.97. The van der Waals surface area contributed by atoms with Gasteiger partial charge in [0.05, 0.1) is 0 Å². The molecule has 13 heavy (non-hydrogen) atoms. The molecule has 0 saturated heterocycles. The third-order valence-corrected chi connectivity index (χ3v) is 2.83. The normalized spacial score (nSPS) is 16.8. The summed E-state index contributed by atoms with van der Waals surface area (Å²) in [5.41, 5.74) is 2.36. The van der Waals surface area contributed by atoms with Crippen LogP contribution in [0, 0.1) is 0 Å². The van der Waals surface area contributed by atoms with Crippen molar-refractivity contribution in [2.45, 2.75) is 19.3 Å². The van der Waals surface area contributed by atoms with Gasteiger partial charge >= 0.3 is 0 Å². The molecule has 2 nitrogen and oxygen atoms in total. The molecule has 2 heterocycles. The summed E-state index contributed by atoms with van der Waals surface area (Å²) in [6, 6.07) is 4.03. The Hall–Kier alpha value is -0.700. The molecule has 0 bridgehead atoms. The maximum Gasteiger partial charge on any atom is 0.115 e. The van der Waals surface area contributed by atoms with Crippen LogP contribution in [0.5, 0.6) is 0 Å². The fourth-order valence-corrected chi connectivity index (χ4v) is 2.00. The van der Waals surface area contributed by atoms with Crippen molar-refractivity contribution >= 4 is 21.6 Å². The number of pyridine rings is 1. The summed E-state index contributed by atoms with van der Waals surface area (Å²) in [6.07, 6.45) is 5.35. The van der Waals surface area contributed by atoms with Crippen molar-refractivity contribution in [3.63, 3.8) is 0 Å². The quantitative estimate of drug-likeness (QED) is 0.692. The van der Waals surface area contributed by atoms with E-state index in [4.69, 9.17) is 0 Å². The van der Waals surface area contributed by atoms with Gasteiger partial charge in [0, 0.05) is 24.0 Å². The molecule has 1 aliphatic heterocycles. The first-order valence-electron chi connectivity index (χ1n) is 4.52. The van der Waals surface area contributed by atoms with E-state index in [1.165, 1.54) is 18.6 Å². The fourth-order valence-electron chi connectivity index (χ4n) is 1.52. The van der Waals surface area contributed by atoms with Crippen LogP contribution in [0.4, 0.5) is 0 Å². The second-order valence-corrected chi connectivity index (χ2v) is 3.88. The van der Waals surface area contributed by atoms with E-state index in [1.54, 1.807) is 6.20 Å². The minimum absolute atomic E-state index is 0.913. The van der Waals surface area contributed by atoms with Crippen molar-refractivity contribution in [1.29, 1.82) is 0 Å². The van der Waals surface area contributed by atoms with Gasteiger partial charge in [-0.05, 0) is 47.3 Å². The lowest BCUT2D eigenvalue weighted by Crippen LogP contribution is -2.08. The Morgan fingerprint density at radius 2 is 2.23 bits per heavy atom. The molecule has 2 rings (SSSR count). The molecule has 0 atom stereocenters. The van der Waals surface area contributed by atoms with Crippen molar-refractivity contribution < 1.29 is 0 Å². The van der Waals surface area contributed by atoms with Gasteiger partial charge in [-0.15, -0.1) is 0 Å². The Balaban J connectivity index is 2.34. The molecular formula is C10H11BrN2. The monoisotopic (exact) mass is 238 g/mol. The Morgan fingerprint density at radius 1 is 1.31 bits per heavy atom. The highest BCUT2D eigenvalue weighted by Gasteiger charge is 2.10. The van der Waals surface area contributed by atoms with Gasteiger partial charge in [-0.1, -0.05) is 0 Å². The molecule has 0 unspecified atom stereocenters. The molecule has 1 aromatic heterocycles. The molecule has 0 aliphatic carbocycles. The van der Waals surface area contributed by atoms with Crippen LogP contribution in [0.1, 0.15) is 24.8 Å². The maximum atomic E-state index is 4.51. The highest BCUT2D eigenvalue weighted by Crippen LogP contribution is 2.19. The maximum absolute atomic E-state index is 4.51. The molecular weight excluding hydrogens is 228 g/mol. The Kier molecular flexibility index (Phi) is 2.74. The highest BCUT2D eigenvalue weighted by molar-refractivity contribution is 9.10. The minimum atomic E-state index is 0.913. The van der Waals surface area contributed by atoms with Crippen LogP contribution in [0.2, 0.25) is 0 Å². The molecule has 0 fully saturated rings. The lowest BCUT2D eigenvalue weighted by atomic mass is 10.0. The molecule has 68 valence electrons. The molecule has 1 aliphatic rings. The van der Waals surface area contributed by atoms with Gasteiger partial charge in [0.2, 0.25) is 0 Å². The zero-order valence-corrected chi connectivity index (χ0v) is 8.92. The molecule has 0 saturated carbocycles. The molecule has 3 heteroatoms. The van der Waals surface area contributed by atoms with Crippen molar-refractivity contribution in [1.82, 2.24) is 4.98 Å². The van der Waals surface area contributed by atoms with Crippen LogP contribution in [0.25, 0.3) is 0 Å². The number of aromatic nitrogens is 1. The number of halogens is 1. The summed E-state index contributed by atoms with van der Waals surface area (Å²) in [5.74, 6) is 0. The van der Waals surface area contributed by atoms with Gasteiger partial charge in [0.25, 0.3) is 0 Å². The van der Waals surface area contributed by atoms with E-state index in [0.717, 1.165) is 23.1 Å². The van der Waals surface area contributed by atoms with Crippen molar-refractivity contribution in [3.8, 4) is 0 Å². The van der Waals surface area contributed by atoms with E-state index in [2.05, 4.69) is 32.0 Å². The number of hydrogen-bond donors (Lipinski definition) is 0. The summed E-state index contributed by atoms with van der Waals surface area (Å²) < 4.78 is 0.913. The van der Waals surface area contributed by atoms with E-state index in [0.29, 0.717) is 0 Å². The van der Waals surface area contributed by atoms with Gasteiger partial charge in [-0.3, -0.25) is 4.99 Å². The smallest absolute Gasteiger partial charge is 0.115 e. The summed E-state index contributed by atoms with van der Waals surface area (Å²) in [4.78, 5) is 8.70. The van der Waals surface area contributed by atoms with Crippen LogP contribution in [0.3, 0.4) is 0 Å². The van der Waals surface area contributed by atoms with Crippen LogP contribution >= 0.6 is 15.9 Å². The van der Waals surface area contributed by atoms with Crippen LogP contribution in [-0.2, 0) is 0 Å². The van der Waals surface area contributed by atoms with Gasteiger partial charge in [0.15, 0.2) is 0 Å². The highest BCUT2D eigenvalue weighted by atomic mass is 79.9. The topological polar surface area (TPSA) is 25.2 Å². The van der Waals surface area contributed by atoms with Crippen LogP contribution in [0.15, 0.2) is 27.9 Å². The van der Waals surface area contributed by atoms with E-state index >= 15 is 0 Å². The predicted molar refractivity (Wildman–Crippen MR) is 57.2 cm³/mol. The zero-order chi connectivity index (χ0) is 9.10. The molecule has 0 spiro atoms. The lowest BCUT2D eigenvalue weighted by molar-refractivity contribution is 0.738. The first kappa shape index (κ1) is 8.88. The van der Waals surface area contributed by atoms with Crippen molar-refractivity contribution in [2.75, 3.05) is 6.54 Å². The predicted octanol–water partition coefficient (Wildman–Crippen LogP) is 2.82. The Labute approximate surface area is 86.2 Å². The first-order chi connectivity index (χ1) is 6.38. The summed E-state index contributed by atoms with van der Waals surface area (Å²) in [5, 5.41) is 0. The summed E-state index contributed by atoms with van der Waals surface area (Å²) >= 11 is 3.44. The van der Waals surface area contributed by atoms with Gasteiger partial charge in [-0.2, -0.15) is 0 Å². The number of hydrogen-bond acceptors (Lipinski definition) is 2. The van der Waals surface area contributed by atoms with Crippen molar-refractivity contribution in [3.05, 3.63) is 28.5 Å². The minimum Gasteiger partial charge on any atom is -0.289 e. The summed E-state index contributed by atoms with van der Waals surface area (Å²) in [6.45, 7) is 0.969. The largest absolute Gasteiger partial charge is 0.289 e. The second kappa shape index (κ2) is 4.01. The second-order valence-electron chi connectivity index (χ2n) is 3.13. The fraction of sp³-hybridized carbons (Fsp3) is 0.400. The van der Waals surface area contributed by atoms with E-state index < -0.39 is 0 Å². The molecule has 0 amide bonds. The number of rotatable bonds is 1. The van der Waals surface area contributed by atoms with E-state index in [1.807, 2.05) is 6.07 Å². The molecule has 0 N–H and O–H groups in total. The van der Waals surface area contributed by atoms with Crippen LogP contribution in [-0.4, -0.2) is 17.2 Å². The van der Waals surface area contributed by atoms with E-state index in [9.17, 15) is 0 Å². The SMILES string of the molecule is Brc1ncccc1C1=NCCCC1. The molecule has 0 aromatic carbocycles. The number of nitrogens with zero attached hydrogens (tertiary/aromatic N) is 2. The summed E-state index contributed by atoms with van der Waals surface area (Å²) in [7, 11) is 0. The van der Waals surface area contributed by atoms with Gasteiger partial charge in [0.1, 0.15) is 4.60 Å². The lowest BCUT2D eigenvalue weighted by Gasteiger charge is -2.12. The molecule has 0 radical (unpaired) electrons. The standard InChI is InChI=1S/C10H11BrN2/c11-10-8(4-3-7-13-10)9-5-1-2-6-12-9/h3-4,7H,1-2,5-6H2. The average Bonchev–Trinajstić information content (AvgIpc) is 2.20. The Bertz CT molecular complexity index is 333. The van der Waals surface area contributed by atoms with Gasteiger partial charge in [-0.25, -0.2) is 4.98 Å². The van der Waals surface area contributed by atoms with Crippen molar-refractivity contribution in [2.24, 2.45) is 4.99 Å². The first-order valence-corrected chi connectivity index (χ1v) is 5.31. The molecule has 1 aromatic rings. The van der Waals surface area contributed by atoms with E-state index in [-0.39, 0.29) is 0 Å². The third-order valence-electron chi connectivity index (χ3n) is 2.19.